The molecule has 0 saturated carbocycles. The summed E-state index contributed by atoms with van der Waals surface area (Å²) >= 11 is 1.28. The molecule has 0 aliphatic heterocycles. The summed E-state index contributed by atoms with van der Waals surface area (Å²) in [6, 6.07) is 20.0. The fraction of sp³-hybridized carbons (Fsp3) is 0.143. The molecule has 4 aromatic rings. The summed E-state index contributed by atoms with van der Waals surface area (Å²) in [7, 11) is 0. The number of aromatic hydroxyl groups is 1. The lowest BCUT2D eigenvalue weighted by molar-refractivity contribution is -0.274. The van der Waals surface area contributed by atoms with E-state index in [4.69, 9.17) is 10.7 Å². The smallest absolute Gasteiger partial charge is 0.493 e. The van der Waals surface area contributed by atoms with Crippen molar-refractivity contribution < 1.29 is 23.0 Å². The van der Waals surface area contributed by atoms with Gasteiger partial charge in [-0.2, -0.15) is 9.78 Å². The van der Waals surface area contributed by atoms with E-state index < -0.39 is 6.36 Å². The summed E-state index contributed by atoms with van der Waals surface area (Å²) in [5.74, 6) is 0.114. The van der Waals surface area contributed by atoms with Gasteiger partial charge < -0.3 is 15.6 Å². The third kappa shape index (κ3) is 7.67. The maximum absolute atomic E-state index is 12.3. The molecule has 3 aromatic carbocycles. The van der Waals surface area contributed by atoms with E-state index in [1.54, 1.807) is 35.9 Å². The molecule has 0 saturated heterocycles. The van der Waals surface area contributed by atoms with Crippen molar-refractivity contribution >= 4 is 41.1 Å². The van der Waals surface area contributed by atoms with Gasteiger partial charge in [0.25, 0.3) is 0 Å². The molecule has 0 radical (unpaired) electrons. The number of thiazole rings is 1. The third-order valence-electron chi connectivity index (χ3n) is 5.45. The number of hydrogen-bond acceptors (Lipinski definition) is 6. The van der Waals surface area contributed by atoms with Crippen LogP contribution in [0.25, 0.3) is 0 Å². The molecule has 8 nitrogen and oxygen atoms in total. The average molecular weight is 567 g/mol. The number of halogens is 3. The van der Waals surface area contributed by atoms with Crippen molar-refractivity contribution in [3.63, 3.8) is 0 Å². The average Bonchev–Trinajstić information content (AvgIpc) is 3.26. The number of rotatable bonds is 8. The SMILES string of the molecule is CC(C)c1ccccc1N=c1scc(O)n1/N=C\c1ccc(C(N)=NC=Nc2ccc(OC(F)(F)F)cc2)cc1. The van der Waals surface area contributed by atoms with Crippen LogP contribution in [0.4, 0.5) is 24.5 Å². The van der Waals surface area contributed by atoms with Gasteiger partial charge in [-0.05, 0) is 47.4 Å². The van der Waals surface area contributed by atoms with Crippen molar-refractivity contribution in [1.82, 2.24) is 4.68 Å². The zero-order chi connectivity index (χ0) is 28.7. The highest BCUT2D eigenvalue weighted by molar-refractivity contribution is 7.07. The van der Waals surface area contributed by atoms with Crippen LogP contribution in [-0.2, 0) is 0 Å². The Morgan fingerprint density at radius 1 is 1.02 bits per heavy atom. The van der Waals surface area contributed by atoms with Crippen LogP contribution in [0, 0.1) is 0 Å². The van der Waals surface area contributed by atoms with Crippen molar-refractivity contribution in [2.45, 2.75) is 26.1 Å². The largest absolute Gasteiger partial charge is 0.573 e. The maximum Gasteiger partial charge on any atom is 0.573 e. The third-order valence-corrected chi connectivity index (χ3v) is 6.25. The molecule has 40 heavy (non-hydrogen) atoms. The number of amidine groups is 1. The zero-order valence-electron chi connectivity index (χ0n) is 21.4. The van der Waals surface area contributed by atoms with Crippen LogP contribution in [-0.4, -0.2) is 34.5 Å². The first-order valence-electron chi connectivity index (χ1n) is 12.0. The molecule has 1 aromatic heterocycles. The van der Waals surface area contributed by atoms with E-state index in [9.17, 15) is 18.3 Å². The fourth-order valence-electron chi connectivity index (χ4n) is 3.50. The molecule has 4 rings (SSSR count). The molecule has 0 atom stereocenters. The Morgan fingerprint density at radius 2 is 1.73 bits per heavy atom. The van der Waals surface area contributed by atoms with Crippen LogP contribution in [0.1, 0.15) is 36.5 Å². The lowest BCUT2D eigenvalue weighted by Gasteiger charge is -2.08. The first-order chi connectivity index (χ1) is 19.1. The van der Waals surface area contributed by atoms with Gasteiger partial charge in [0.2, 0.25) is 10.7 Å². The lowest BCUT2D eigenvalue weighted by atomic mass is 10.0. The van der Waals surface area contributed by atoms with Crippen molar-refractivity contribution in [2.75, 3.05) is 0 Å². The number of aromatic nitrogens is 1. The van der Waals surface area contributed by atoms with E-state index in [1.165, 1.54) is 34.5 Å². The second kappa shape index (κ2) is 12.4. The highest BCUT2D eigenvalue weighted by Gasteiger charge is 2.30. The Labute approximate surface area is 232 Å². The first kappa shape index (κ1) is 28.3. The van der Waals surface area contributed by atoms with E-state index in [-0.39, 0.29) is 17.5 Å². The van der Waals surface area contributed by atoms with Gasteiger partial charge in [-0.3, -0.25) is 0 Å². The van der Waals surface area contributed by atoms with Gasteiger partial charge in [0.1, 0.15) is 17.9 Å². The highest BCUT2D eigenvalue weighted by atomic mass is 32.1. The summed E-state index contributed by atoms with van der Waals surface area (Å²) in [6.45, 7) is 4.19. The van der Waals surface area contributed by atoms with Crippen LogP contribution in [0.15, 0.2) is 98.3 Å². The van der Waals surface area contributed by atoms with Gasteiger partial charge in [-0.1, -0.05) is 67.6 Å². The summed E-state index contributed by atoms with van der Waals surface area (Å²) in [4.78, 5) is 13.4. The van der Waals surface area contributed by atoms with Crippen LogP contribution in [0.3, 0.4) is 0 Å². The van der Waals surface area contributed by atoms with Crippen molar-refractivity contribution in [3.05, 3.63) is 99.7 Å². The van der Waals surface area contributed by atoms with Gasteiger partial charge in [0, 0.05) is 5.56 Å². The summed E-state index contributed by atoms with van der Waals surface area (Å²) in [5.41, 5.74) is 9.70. The molecule has 0 bridgehead atoms. The molecular weight excluding hydrogens is 541 g/mol. The molecule has 0 amide bonds. The van der Waals surface area contributed by atoms with Crippen LogP contribution < -0.4 is 15.3 Å². The predicted octanol–water partition coefficient (Wildman–Crippen LogP) is 6.46. The van der Waals surface area contributed by atoms with Gasteiger partial charge in [-0.15, -0.1) is 13.2 Å². The van der Waals surface area contributed by atoms with E-state index in [0.717, 1.165) is 28.9 Å². The number of para-hydroxylation sites is 1. The number of aliphatic imine (C=N–C) groups is 2. The van der Waals surface area contributed by atoms with Gasteiger partial charge in [0.05, 0.1) is 23.0 Å². The van der Waals surface area contributed by atoms with Crippen molar-refractivity contribution in [2.24, 2.45) is 25.8 Å². The number of nitrogens with two attached hydrogens (primary N) is 1. The Balaban J connectivity index is 1.45. The minimum absolute atomic E-state index is 0.0307. The van der Waals surface area contributed by atoms with E-state index in [0.29, 0.717) is 22.0 Å². The van der Waals surface area contributed by atoms with Gasteiger partial charge in [0.15, 0.2) is 0 Å². The summed E-state index contributed by atoms with van der Waals surface area (Å²) in [6.07, 6.45) is -1.96. The Bertz CT molecular complexity index is 1600. The molecule has 1 heterocycles. The van der Waals surface area contributed by atoms with E-state index in [1.807, 2.05) is 24.3 Å². The zero-order valence-corrected chi connectivity index (χ0v) is 22.3. The topological polar surface area (TPSA) is 110 Å². The summed E-state index contributed by atoms with van der Waals surface area (Å²) < 4.78 is 42.0. The van der Waals surface area contributed by atoms with Crippen LogP contribution in [0.2, 0.25) is 0 Å². The second-order valence-corrected chi connectivity index (χ2v) is 9.52. The number of alkyl halides is 3. The molecule has 3 N–H and O–H groups in total. The Kier molecular flexibility index (Phi) is 8.80. The quantitative estimate of drug-likeness (QED) is 0.189. The Hall–Kier alpha value is -4.71. The molecule has 0 aliphatic carbocycles. The maximum atomic E-state index is 12.3. The predicted molar refractivity (Wildman–Crippen MR) is 151 cm³/mol. The minimum Gasteiger partial charge on any atom is -0.493 e. The lowest BCUT2D eigenvalue weighted by Crippen LogP contribution is -2.16. The first-order valence-corrected chi connectivity index (χ1v) is 12.9. The number of benzene rings is 3. The second-order valence-electron chi connectivity index (χ2n) is 8.68. The fourth-order valence-corrected chi connectivity index (χ4v) is 4.20. The minimum atomic E-state index is -4.76. The van der Waals surface area contributed by atoms with Crippen molar-refractivity contribution in [1.29, 1.82) is 0 Å². The van der Waals surface area contributed by atoms with Gasteiger partial charge in [-0.25, -0.2) is 15.0 Å². The number of nitrogens with zero attached hydrogens (tertiary/aromatic N) is 5. The number of hydrogen-bond donors (Lipinski definition) is 2. The summed E-state index contributed by atoms with van der Waals surface area (Å²) in [5, 5.41) is 16.3. The van der Waals surface area contributed by atoms with E-state index >= 15 is 0 Å². The molecule has 206 valence electrons. The standard InChI is InChI=1S/C28H25F3N6O2S/c1-18(2)23-5-3-4-6-24(23)36-27-37(25(38)16-40-27)35-15-19-7-9-20(10-8-19)26(32)34-17-33-21-11-13-22(14-12-21)39-28(29,30)31/h3-18,38H,1-2H3,(H2,32,33,34)/b35-15-,36-27?. The highest BCUT2D eigenvalue weighted by Crippen LogP contribution is 2.26. The number of ether oxygens (including phenoxy) is 1. The molecular formula is C28H25F3N6O2S. The van der Waals surface area contributed by atoms with Crippen LogP contribution >= 0.6 is 11.3 Å². The monoisotopic (exact) mass is 566 g/mol. The molecule has 0 spiro atoms. The molecule has 12 heteroatoms. The van der Waals surface area contributed by atoms with Crippen LogP contribution in [0.5, 0.6) is 11.6 Å². The normalized spacial score (nSPS) is 13.2. The molecule has 0 unspecified atom stereocenters. The van der Waals surface area contributed by atoms with Gasteiger partial charge >= 0.3 is 6.36 Å². The Morgan fingerprint density at radius 3 is 2.40 bits per heavy atom. The van der Waals surface area contributed by atoms with E-state index in [2.05, 4.69) is 33.7 Å². The molecule has 0 fully saturated rings. The van der Waals surface area contributed by atoms with Crippen molar-refractivity contribution in [3.8, 4) is 11.6 Å². The molecule has 0 aliphatic rings.